The van der Waals surface area contributed by atoms with E-state index in [1.165, 1.54) is 42.4 Å². The highest BCUT2D eigenvalue weighted by atomic mass is 32.1. The molecule has 4 heteroatoms. The van der Waals surface area contributed by atoms with Crippen LogP contribution in [0.15, 0.2) is 6.20 Å². The third kappa shape index (κ3) is 2.28. The van der Waals surface area contributed by atoms with Gasteiger partial charge in [-0.2, -0.15) is 0 Å². The zero-order chi connectivity index (χ0) is 12.5. The molecule has 1 aromatic rings. The summed E-state index contributed by atoms with van der Waals surface area (Å²) in [6, 6.07) is 0.434. The third-order valence-electron chi connectivity index (χ3n) is 4.45. The maximum atomic E-state index is 4.63. The summed E-state index contributed by atoms with van der Waals surface area (Å²) >= 11 is 1.87. The molecule has 0 bridgehead atoms. The Hall–Kier alpha value is -0.610. The lowest BCUT2D eigenvalue weighted by Gasteiger charge is -2.15. The number of hydrogen-bond donors (Lipinski definition) is 1. The van der Waals surface area contributed by atoms with Crippen molar-refractivity contribution in [2.75, 3.05) is 24.5 Å². The molecule has 1 aromatic heterocycles. The van der Waals surface area contributed by atoms with Crippen LogP contribution >= 0.6 is 11.3 Å². The standard InChI is InChI=1S/C14H23N3S/c1-3-15-10(2)13-7-16-14(18-13)17-8-11-5-4-6-12(11)9-17/h7,10-12,15H,3-6,8-9H2,1-2H3. The van der Waals surface area contributed by atoms with Crippen LogP contribution < -0.4 is 10.2 Å². The van der Waals surface area contributed by atoms with E-state index in [2.05, 4.69) is 35.2 Å². The van der Waals surface area contributed by atoms with Gasteiger partial charge in [-0.1, -0.05) is 13.3 Å². The van der Waals surface area contributed by atoms with E-state index in [-0.39, 0.29) is 0 Å². The second-order valence-corrected chi connectivity index (χ2v) is 6.72. The summed E-state index contributed by atoms with van der Waals surface area (Å²) < 4.78 is 0. The summed E-state index contributed by atoms with van der Waals surface area (Å²) in [5.74, 6) is 1.90. The Labute approximate surface area is 114 Å². The van der Waals surface area contributed by atoms with Gasteiger partial charge >= 0.3 is 0 Å². The molecule has 1 aliphatic heterocycles. The fourth-order valence-corrected chi connectivity index (χ4v) is 4.38. The number of nitrogens with zero attached hydrogens (tertiary/aromatic N) is 2. The van der Waals surface area contributed by atoms with Crippen molar-refractivity contribution in [1.29, 1.82) is 0 Å². The molecule has 3 rings (SSSR count). The smallest absolute Gasteiger partial charge is 0.185 e. The van der Waals surface area contributed by atoms with Crippen molar-refractivity contribution in [3.8, 4) is 0 Å². The van der Waals surface area contributed by atoms with Crippen molar-refractivity contribution < 1.29 is 0 Å². The quantitative estimate of drug-likeness (QED) is 0.907. The number of nitrogens with one attached hydrogen (secondary N) is 1. The monoisotopic (exact) mass is 265 g/mol. The van der Waals surface area contributed by atoms with E-state index in [4.69, 9.17) is 0 Å². The molecule has 1 aliphatic carbocycles. The highest BCUT2D eigenvalue weighted by molar-refractivity contribution is 7.15. The van der Waals surface area contributed by atoms with Gasteiger partial charge in [-0.3, -0.25) is 0 Å². The maximum absolute atomic E-state index is 4.63. The fraction of sp³-hybridized carbons (Fsp3) is 0.786. The van der Waals surface area contributed by atoms with Crippen LogP contribution in [0.3, 0.4) is 0 Å². The largest absolute Gasteiger partial charge is 0.348 e. The first-order valence-corrected chi connectivity index (χ1v) is 8.03. The molecule has 2 aliphatic rings. The lowest BCUT2D eigenvalue weighted by molar-refractivity contribution is 0.494. The van der Waals surface area contributed by atoms with Crippen LogP contribution in [0.2, 0.25) is 0 Å². The van der Waals surface area contributed by atoms with Crippen LogP contribution in [0.5, 0.6) is 0 Å². The average Bonchev–Trinajstić information content (AvgIpc) is 3.03. The molecule has 2 heterocycles. The van der Waals surface area contributed by atoms with Gasteiger partial charge in [0.25, 0.3) is 0 Å². The summed E-state index contributed by atoms with van der Waals surface area (Å²) in [6.45, 7) is 7.88. The van der Waals surface area contributed by atoms with Crippen molar-refractivity contribution in [3.63, 3.8) is 0 Å². The number of rotatable bonds is 4. The first-order chi connectivity index (χ1) is 8.78. The summed E-state index contributed by atoms with van der Waals surface area (Å²) in [5.41, 5.74) is 0. The van der Waals surface area contributed by atoms with Gasteiger partial charge < -0.3 is 10.2 Å². The normalized spacial score (nSPS) is 28.7. The first-order valence-electron chi connectivity index (χ1n) is 7.22. The van der Waals surface area contributed by atoms with Crippen LogP contribution in [-0.4, -0.2) is 24.6 Å². The van der Waals surface area contributed by atoms with E-state index in [9.17, 15) is 0 Å². The maximum Gasteiger partial charge on any atom is 0.185 e. The van der Waals surface area contributed by atoms with Gasteiger partial charge in [-0.15, -0.1) is 11.3 Å². The SMILES string of the molecule is CCNC(C)c1cnc(N2CC3CCCC3C2)s1. The topological polar surface area (TPSA) is 28.2 Å². The Morgan fingerprint density at radius 2 is 2.17 bits per heavy atom. The van der Waals surface area contributed by atoms with Gasteiger partial charge in [0.2, 0.25) is 0 Å². The van der Waals surface area contributed by atoms with E-state index in [0.717, 1.165) is 18.4 Å². The van der Waals surface area contributed by atoms with E-state index in [1.807, 2.05) is 11.3 Å². The summed E-state index contributed by atoms with van der Waals surface area (Å²) in [5, 5.41) is 4.70. The van der Waals surface area contributed by atoms with E-state index in [1.54, 1.807) is 0 Å². The van der Waals surface area contributed by atoms with Gasteiger partial charge in [0.15, 0.2) is 5.13 Å². The Balaban J connectivity index is 1.67. The number of anilines is 1. The lowest BCUT2D eigenvalue weighted by Crippen LogP contribution is -2.20. The molecular weight excluding hydrogens is 242 g/mol. The zero-order valence-electron chi connectivity index (χ0n) is 11.4. The van der Waals surface area contributed by atoms with Gasteiger partial charge in [0.1, 0.15) is 0 Å². The minimum Gasteiger partial charge on any atom is -0.348 e. The third-order valence-corrected chi connectivity index (χ3v) is 5.69. The number of aromatic nitrogens is 1. The molecule has 3 unspecified atom stereocenters. The van der Waals surface area contributed by atoms with E-state index in [0.29, 0.717) is 6.04 Å². The van der Waals surface area contributed by atoms with E-state index < -0.39 is 0 Å². The lowest BCUT2D eigenvalue weighted by atomic mass is 10.0. The highest BCUT2D eigenvalue weighted by Crippen LogP contribution is 2.40. The van der Waals surface area contributed by atoms with Gasteiger partial charge in [-0.05, 0) is 38.1 Å². The Morgan fingerprint density at radius 3 is 2.83 bits per heavy atom. The minimum absolute atomic E-state index is 0.434. The van der Waals surface area contributed by atoms with Crippen LogP contribution in [0.25, 0.3) is 0 Å². The van der Waals surface area contributed by atoms with Crippen molar-refractivity contribution in [3.05, 3.63) is 11.1 Å². The number of fused-ring (bicyclic) bond motifs is 1. The van der Waals surface area contributed by atoms with Crippen LogP contribution in [-0.2, 0) is 0 Å². The summed E-state index contributed by atoms with van der Waals surface area (Å²) in [4.78, 5) is 8.51. The van der Waals surface area contributed by atoms with Gasteiger partial charge in [-0.25, -0.2) is 4.98 Å². The molecule has 0 radical (unpaired) electrons. The molecule has 100 valence electrons. The first kappa shape index (κ1) is 12.4. The number of hydrogen-bond acceptors (Lipinski definition) is 4. The molecule has 18 heavy (non-hydrogen) atoms. The molecule has 1 saturated heterocycles. The Bertz CT molecular complexity index is 391. The molecule has 0 spiro atoms. The number of thiazole rings is 1. The predicted octanol–water partition coefficient (Wildman–Crippen LogP) is 3.05. The fourth-order valence-electron chi connectivity index (χ4n) is 3.42. The van der Waals surface area contributed by atoms with Crippen LogP contribution in [0.4, 0.5) is 5.13 Å². The second-order valence-electron chi connectivity index (χ2n) is 5.68. The van der Waals surface area contributed by atoms with Crippen LogP contribution in [0.1, 0.15) is 44.0 Å². The Morgan fingerprint density at radius 1 is 1.44 bits per heavy atom. The van der Waals surface area contributed by atoms with Crippen molar-refractivity contribution in [2.24, 2.45) is 11.8 Å². The summed E-state index contributed by atoms with van der Waals surface area (Å²) in [6.07, 6.45) is 6.38. The molecule has 2 fully saturated rings. The van der Waals surface area contributed by atoms with Crippen molar-refractivity contribution in [1.82, 2.24) is 10.3 Å². The zero-order valence-corrected chi connectivity index (χ0v) is 12.2. The molecule has 1 saturated carbocycles. The van der Waals surface area contributed by atoms with Crippen LogP contribution in [0, 0.1) is 11.8 Å². The Kier molecular flexibility index (Phi) is 3.57. The van der Waals surface area contributed by atoms with Crippen molar-refractivity contribution in [2.45, 2.75) is 39.2 Å². The molecule has 3 nitrogen and oxygen atoms in total. The average molecular weight is 265 g/mol. The van der Waals surface area contributed by atoms with Gasteiger partial charge in [0.05, 0.1) is 0 Å². The molecule has 0 amide bonds. The molecule has 1 N–H and O–H groups in total. The molecule has 3 atom stereocenters. The molecular formula is C14H23N3S. The van der Waals surface area contributed by atoms with Gasteiger partial charge in [0, 0.05) is 30.2 Å². The van der Waals surface area contributed by atoms with E-state index >= 15 is 0 Å². The highest BCUT2D eigenvalue weighted by Gasteiger charge is 2.37. The van der Waals surface area contributed by atoms with Crippen molar-refractivity contribution >= 4 is 16.5 Å². The minimum atomic E-state index is 0.434. The molecule has 0 aromatic carbocycles. The predicted molar refractivity (Wildman–Crippen MR) is 77.2 cm³/mol. The summed E-state index contributed by atoms with van der Waals surface area (Å²) in [7, 11) is 0. The second kappa shape index (κ2) is 5.17.